The molecular formula is C31H49ClN4O4. The molecular weight excluding hydrogens is 528 g/mol. The van der Waals surface area contributed by atoms with E-state index in [-0.39, 0.29) is 47.3 Å². The van der Waals surface area contributed by atoms with E-state index < -0.39 is 0 Å². The minimum atomic E-state index is -0.120. The first kappa shape index (κ1) is 31.1. The predicted molar refractivity (Wildman–Crippen MR) is 158 cm³/mol. The monoisotopic (exact) mass is 576 g/mol. The molecule has 0 saturated carbocycles. The largest absolute Gasteiger partial charge is 0.355 e. The number of rotatable bonds is 10. The van der Waals surface area contributed by atoms with Crippen LogP contribution in [0.5, 0.6) is 0 Å². The molecule has 4 saturated heterocycles. The van der Waals surface area contributed by atoms with Crippen molar-refractivity contribution >= 4 is 24.3 Å². The lowest BCUT2D eigenvalue weighted by Gasteiger charge is -2.48. The topological polar surface area (TPSA) is 74.4 Å². The number of carbonyl (C=O) groups excluding carboxylic acids is 2. The van der Waals surface area contributed by atoms with Gasteiger partial charge >= 0.3 is 6.03 Å². The van der Waals surface area contributed by atoms with Crippen LogP contribution in [0, 0.1) is 11.3 Å². The van der Waals surface area contributed by atoms with Crippen molar-refractivity contribution in [3.8, 4) is 0 Å². The quantitative estimate of drug-likeness (QED) is 0.432. The fourth-order valence-electron chi connectivity index (χ4n) is 7.66. The van der Waals surface area contributed by atoms with Gasteiger partial charge in [0.2, 0.25) is 5.91 Å². The zero-order chi connectivity index (χ0) is 27.6. The molecule has 2 bridgehead atoms. The fourth-order valence-corrected chi connectivity index (χ4v) is 7.66. The first-order valence-corrected chi connectivity index (χ1v) is 15.1. The number of halogens is 1. The third-order valence-corrected chi connectivity index (χ3v) is 9.86. The third kappa shape index (κ3) is 6.15. The van der Waals surface area contributed by atoms with E-state index in [1.165, 1.54) is 18.4 Å². The number of hydrogen-bond acceptors (Lipinski definition) is 5. The molecule has 5 rings (SSSR count). The van der Waals surface area contributed by atoms with Crippen LogP contribution in [0.3, 0.4) is 0 Å². The summed E-state index contributed by atoms with van der Waals surface area (Å²) in [7, 11) is 0. The molecule has 4 aliphatic heterocycles. The molecule has 4 aliphatic rings. The molecule has 0 radical (unpaired) electrons. The van der Waals surface area contributed by atoms with Crippen molar-refractivity contribution < 1.29 is 19.1 Å². The molecule has 3 amide bonds. The van der Waals surface area contributed by atoms with E-state index in [1.54, 1.807) is 0 Å². The lowest BCUT2D eigenvalue weighted by atomic mass is 9.81. The van der Waals surface area contributed by atoms with Gasteiger partial charge in [-0.15, -0.1) is 12.4 Å². The van der Waals surface area contributed by atoms with Crippen molar-refractivity contribution in [3.63, 3.8) is 0 Å². The molecule has 1 spiro atoms. The van der Waals surface area contributed by atoms with Gasteiger partial charge in [-0.3, -0.25) is 9.69 Å². The molecule has 1 N–H and O–H groups in total. The molecule has 224 valence electrons. The number of hydrogen-bond donors (Lipinski definition) is 1. The number of carbonyl (C=O) groups is 2. The van der Waals surface area contributed by atoms with Crippen molar-refractivity contribution in [2.24, 2.45) is 11.3 Å². The van der Waals surface area contributed by atoms with Gasteiger partial charge in [0, 0.05) is 49.6 Å². The molecule has 3 atom stereocenters. The Morgan fingerprint density at radius 3 is 2.30 bits per heavy atom. The van der Waals surface area contributed by atoms with Crippen LogP contribution in [0.4, 0.5) is 4.79 Å². The summed E-state index contributed by atoms with van der Waals surface area (Å²) in [6, 6.07) is 11.5. The van der Waals surface area contributed by atoms with Crippen molar-refractivity contribution in [2.75, 3.05) is 46.2 Å². The van der Waals surface area contributed by atoms with Gasteiger partial charge in [-0.1, -0.05) is 51.1 Å². The van der Waals surface area contributed by atoms with Gasteiger partial charge < -0.3 is 24.6 Å². The minimum Gasteiger partial charge on any atom is -0.355 e. The van der Waals surface area contributed by atoms with Crippen LogP contribution in [0.15, 0.2) is 30.3 Å². The Hall–Kier alpha value is -1.87. The number of piperidine rings is 1. The molecule has 0 aliphatic carbocycles. The zero-order valence-corrected chi connectivity index (χ0v) is 25.6. The predicted octanol–water partition coefficient (Wildman–Crippen LogP) is 4.84. The molecule has 8 nitrogen and oxygen atoms in total. The number of urea groups is 1. The van der Waals surface area contributed by atoms with Crippen LogP contribution in [0.1, 0.15) is 77.8 Å². The second-order valence-corrected chi connectivity index (χ2v) is 12.7. The van der Waals surface area contributed by atoms with Gasteiger partial charge in [0.05, 0.1) is 24.8 Å². The highest BCUT2D eigenvalue weighted by Gasteiger charge is 2.57. The van der Waals surface area contributed by atoms with Crippen LogP contribution in [-0.2, 0) is 14.3 Å². The average Bonchev–Trinajstić information content (AvgIpc) is 3.34. The van der Waals surface area contributed by atoms with Gasteiger partial charge in [0.1, 0.15) is 6.79 Å². The van der Waals surface area contributed by atoms with Crippen molar-refractivity contribution in [3.05, 3.63) is 35.9 Å². The molecule has 1 aromatic carbocycles. The molecule has 1 aromatic rings. The maximum Gasteiger partial charge on any atom is 0.320 e. The van der Waals surface area contributed by atoms with E-state index in [9.17, 15) is 9.59 Å². The Kier molecular flexibility index (Phi) is 10.1. The van der Waals surface area contributed by atoms with Gasteiger partial charge in [-0.25, -0.2) is 4.79 Å². The zero-order valence-electron chi connectivity index (χ0n) is 24.8. The van der Waals surface area contributed by atoms with E-state index in [1.807, 2.05) is 19.9 Å². The summed E-state index contributed by atoms with van der Waals surface area (Å²) in [6.07, 6.45) is 6.26. The Morgan fingerprint density at radius 1 is 1.07 bits per heavy atom. The average molecular weight is 577 g/mol. The van der Waals surface area contributed by atoms with Gasteiger partial charge in [-0.05, 0) is 51.0 Å². The fraction of sp³-hybridized carbons (Fsp3) is 0.742. The highest BCUT2D eigenvalue weighted by Crippen LogP contribution is 2.47. The molecule has 4 heterocycles. The molecule has 4 fully saturated rings. The van der Waals surface area contributed by atoms with E-state index in [2.05, 4.69) is 58.1 Å². The third-order valence-electron chi connectivity index (χ3n) is 9.86. The highest BCUT2D eigenvalue weighted by atomic mass is 35.5. The number of ether oxygens (including phenoxy) is 2. The normalized spacial score (nSPS) is 28.7. The summed E-state index contributed by atoms with van der Waals surface area (Å²) in [5.74, 6) is 0.0647. The number of likely N-dealkylation sites (N-methyl/N-ethyl adjacent to an activating group) is 1. The maximum atomic E-state index is 13.7. The molecule has 40 heavy (non-hydrogen) atoms. The van der Waals surface area contributed by atoms with Crippen molar-refractivity contribution in [2.45, 2.75) is 89.9 Å². The summed E-state index contributed by atoms with van der Waals surface area (Å²) in [4.78, 5) is 33.3. The number of benzene rings is 1. The summed E-state index contributed by atoms with van der Waals surface area (Å²) in [5, 5.41) is 3.30. The van der Waals surface area contributed by atoms with Crippen LogP contribution in [0.2, 0.25) is 0 Å². The van der Waals surface area contributed by atoms with Crippen molar-refractivity contribution in [1.82, 2.24) is 20.0 Å². The van der Waals surface area contributed by atoms with Crippen LogP contribution >= 0.6 is 12.4 Å². The number of amides is 3. The Bertz CT molecular complexity index is 988. The van der Waals surface area contributed by atoms with Crippen molar-refractivity contribution in [1.29, 1.82) is 0 Å². The Morgan fingerprint density at radius 2 is 1.73 bits per heavy atom. The number of fused-ring (bicyclic) bond motifs is 2. The molecule has 0 aromatic heterocycles. The lowest BCUT2D eigenvalue weighted by Crippen LogP contribution is -2.58. The van der Waals surface area contributed by atoms with Gasteiger partial charge in [-0.2, -0.15) is 0 Å². The lowest BCUT2D eigenvalue weighted by molar-refractivity contribution is -0.169. The molecule has 9 heteroatoms. The SMILES string of the molecule is CCN1C(=O)N(CC2(CC)COCOC2)CC12CC1CCC(C2)N1CC[C@H](NC(=O)C(C)C)c1ccccc1.Cl. The van der Waals surface area contributed by atoms with Gasteiger partial charge in [0.25, 0.3) is 0 Å². The summed E-state index contributed by atoms with van der Waals surface area (Å²) in [5.41, 5.74) is 0.956. The van der Waals surface area contributed by atoms with E-state index in [4.69, 9.17) is 9.47 Å². The first-order valence-electron chi connectivity index (χ1n) is 15.1. The van der Waals surface area contributed by atoms with E-state index >= 15 is 0 Å². The highest BCUT2D eigenvalue weighted by molar-refractivity contribution is 5.85. The van der Waals surface area contributed by atoms with Crippen LogP contribution in [-0.4, -0.2) is 90.4 Å². The standard InChI is InChI=1S/C31H48N4O4.ClH/c1-5-30(20-38-22-39-21-30)18-33-19-31(35(6-2)29(33)37)16-25-12-13-26(17-31)34(25)15-14-27(32-28(36)23(3)4)24-10-8-7-9-11-24;/h7-11,23,25-27H,5-6,12-22H2,1-4H3,(H,32,36);1H/t25?,26?,27-,31?;/m0./s1. The number of nitrogens with zero attached hydrogens (tertiary/aromatic N) is 3. The smallest absolute Gasteiger partial charge is 0.320 e. The van der Waals surface area contributed by atoms with Crippen LogP contribution < -0.4 is 5.32 Å². The maximum absolute atomic E-state index is 13.7. The second kappa shape index (κ2) is 13.0. The summed E-state index contributed by atoms with van der Waals surface area (Å²) >= 11 is 0. The second-order valence-electron chi connectivity index (χ2n) is 12.7. The minimum absolute atomic E-state index is 0. The Balaban J connectivity index is 0.00000370. The number of nitrogens with one attached hydrogen (secondary N) is 1. The summed E-state index contributed by atoms with van der Waals surface area (Å²) in [6.45, 7) is 13.1. The van der Waals surface area contributed by atoms with Gasteiger partial charge in [0.15, 0.2) is 0 Å². The first-order chi connectivity index (χ1) is 18.8. The van der Waals surface area contributed by atoms with E-state index in [0.29, 0.717) is 38.6 Å². The summed E-state index contributed by atoms with van der Waals surface area (Å²) < 4.78 is 11.4. The Labute approximate surface area is 246 Å². The van der Waals surface area contributed by atoms with Crippen LogP contribution in [0.25, 0.3) is 0 Å². The molecule has 2 unspecified atom stereocenters. The van der Waals surface area contributed by atoms with E-state index in [0.717, 1.165) is 45.3 Å².